The summed E-state index contributed by atoms with van der Waals surface area (Å²) >= 11 is 0. The van der Waals surface area contributed by atoms with Crippen molar-refractivity contribution >= 4 is 0 Å². The van der Waals surface area contributed by atoms with Crippen LogP contribution in [0, 0.1) is 0 Å². The number of nitrogens with zero attached hydrogens (tertiary/aromatic N) is 2. The van der Waals surface area contributed by atoms with Crippen molar-refractivity contribution in [3.8, 4) is 0 Å². The third kappa shape index (κ3) is 6.67. The maximum Gasteiger partial charge on any atom is 0.256 e. The summed E-state index contributed by atoms with van der Waals surface area (Å²) < 4.78 is 4.87. The molecule has 0 amide bonds. The molecule has 0 radical (unpaired) electrons. The van der Waals surface area contributed by atoms with E-state index in [0.717, 1.165) is 6.42 Å². The van der Waals surface area contributed by atoms with Crippen molar-refractivity contribution in [1.29, 1.82) is 0 Å². The van der Waals surface area contributed by atoms with Gasteiger partial charge in [0, 0.05) is 6.42 Å². The van der Waals surface area contributed by atoms with Gasteiger partial charge in [0.05, 0.1) is 12.6 Å². The SMILES string of the molecule is CCCCCCCCCCC[n+]1ccn(C(C)C)c1CC. The zero-order chi connectivity index (χ0) is 15.5. The first-order chi connectivity index (χ1) is 10.2. The molecule has 2 nitrogen and oxygen atoms in total. The second-order valence-corrected chi connectivity index (χ2v) is 6.59. The van der Waals surface area contributed by atoms with E-state index in [1.807, 2.05) is 0 Å². The zero-order valence-electron chi connectivity index (χ0n) is 14.9. The Bertz CT molecular complexity index is 366. The summed E-state index contributed by atoms with van der Waals surface area (Å²) in [5, 5.41) is 0. The van der Waals surface area contributed by atoms with E-state index in [9.17, 15) is 0 Å². The normalized spacial score (nSPS) is 11.5. The fourth-order valence-corrected chi connectivity index (χ4v) is 3.12. The van der Waals surface area contributed by atoms with Gasteiger partial charge in [-0.25, -0.2) is 9.13 Å². The van der Waals surface area contributed by atoms with E-state index in [1.165, 1.54) is 70.2 Å². The van der Waals surface area contributed by atoms with Gasteiger partial charge >= 0.3 is 0 Å². The van der Waals surface area contributed by atoms with Crippen LogP contribution in [0.15, 0.2) is 12.4 Å². The topological polar surface area (TPSA) is 8.81 Å². The molecule has 1 aromatic rings. The molecule has 1 aromatic heterocycles. The standard InChI is InChI=1S/C19H37N2/c1-5-7-8-9-10-11-12-13-14-15-20-16-17-21(18(3)4)19(20)6-2/h16-18H,5-15H2,1-4H3/q+1. The average Bonchev–Trinajstić information content (AvgIpc) is 2.88. The average molecular weight is 294 g/mol. The van der Waals surface area contributed by atoms with Crippen LogP contribution in [0.1, 0.15) is 97.3 Å². The number of aryl methyl sites for hydroxylation is 1. The molecular formula is C19H37N2+. The van der Waals surface area contributed by atoms with Crippen LogP contribution in [0.25, 0.3) is 0 Å². The Balaban J connectivity index is 2.15. The molecule has 0 aliphatic rings. The van der Waals surface area contributed by atoms with E-state index in [4.69, 9.17) is 0 Å². The van der Waals surface area contributed by atoms with Crippen LogP contribution in [0.2, 0.25) is 0 Å². The summed E-state index contributed by atoms with van der Waals surface area (Å²) in [5.41, 5.74) is 0. The lowest BCUT2D eigenvalue weighted by atomic mass is 10.1. The molecule has 2 heteroatoms. The van der Waals surface area contributed by atoms with Crippen molar-refractivity contribution in [2.24, 2.45) is 0 Å². The number of aromatic nitrogens is 2. The quantitative estimate of drug-likeness (QED) is 0.358. The smallest absolute Gasteiger partial charge is 0.234 e. The van der Waals surface area contributed by atoms with Crippen molar-refractivity contribution < 1.29 is 4.57 Å². The van der Waals surface area contributed by atoms with E-state index in [0.29, 0.717) is 6.04 Å². The Morgan fingerprint density at radius 1 is 0.905 bits per heavy atom. The molecule has 0 N–H and O–H groups in total. The van der Waals surface area contributed by atoms with Gasteiger partial charge in [-0.1, -0.05) is 58.8 Å². The fourth-order valence-electron chi connectivity index (χ4n) is 3.12. The Hall–Kier alpha value is -0.790. The minimum Gasteiger partial charge on any atom is -0.234 e. The lowest BCUT2D eigenvalue weighted by Crippen LogP contribution is -2.37. The third-order valence-corrected chi connectivity index (χ3v) is 4.41. The number of unbranched alkanes of at least 4 members (excludes halogenated alkanes) is 8. The summed E-state index contributed by atoms with van der Waals surface area (Å²) in [6.45, 7) is 10.3. The van der Waals surface area contributed by atoms with E-state index in [1.54, 1.807) is 0 Å². The van der Waals surface area contributed by atoms with Gasteiger partial charge in [0.2, 0.25) is 0 Å². The first kappa shape index (κ1) is 18.3. The highest BCUT2D eigenvalue weighted by molar-refractivity contribution is 4.85. The highest BCUT2D eigenvalue weighted by Gasteiger charge is 2.16. The Kier molecular flexibility index (Phi) is 9.45. The highest BCUT2D eigenvalue weighted by atomic mass is 15.2. The number of imidazole rings is 1. The van der Waals surface area contributed by atoms with Crippen molar-refractivity contribution in [1.82, 2.24) is 4.57 Å². The van der Waals surface area contributed by atoms with Crippen molar-refractivity contribution in [3.05, 3.63) is 18.2 Å². The monoisotopic (exact) mass is 293 g/mol. The predicted molar refractivity (Wildman–Crippen MR) is 91.6 cm³/mol. The minimum atomic E-state index is 0.573. The number of hydrogen-bond donors (Lipinski definition) is 0. The van der Waals surface area contributed by atoms with Gasteiger partial charge in [0.15, 0.2) is 0 Å². The second-order valence-electron chi connectivity index (χ2n) is 6.59. The number of rotatable bonds is 12. The van der Waals surface area contributed by atoms with Gasteiger partial charge in [-0.15, -0.1) is 0 Å². The molecule has 0 aliphatic heterocycles. The van der Waals surface area contributed by atoms with E-state index >= 15 is 0 Å². The third-order valence-electron chi connectivity index (χ3n) is 4.41. The second kappa shape index (κ2) is 10.9. The molecule has 0 aromatic carbocycles. The molecule has 0 saturated heterocycles. The largest absolute Gasteiger partial charge is 0.256 e. The number of hydrogen-bond acceptors (Lipinski definition) is 0. The lowest BCUT2D eigenvalue weighted by Gasteiger charge is -2.06. The molecule has 0 aliphatic carbocycles. The summed E-state index contributed by atoms with van der Waals surface area (Å²) in [6, 6.07) is 0.573. The molecule has 0 unspecified atom stereocenters. The molecule has 0 saturated carbocycles. The van der Waals surface area contributed by atoms with Gasteiger partial charge in [-0.3, -0.25) is 0 Å². The summed E-state index contributed by atoms with van der Waals surface area (Å²) in [5.74, 6) is 1.48. The molecule has 21 heavy (non-hydrogen) atoms. The maximum atomic E-state index is 2.46. The van der Waals surface area contributed by atoms with Gasteiger partial charge in [-0.2, -0.15) is 0 Å². The Morgan fingerprint density at radius 3 is 2.00 bits per heavy atom. The van der Waals surface area contributed by atoms with E-state index in [-0.39, 0.29) is 0 Å². The van der Waals surface area contributed by atoms with Gasteiger partial charge in [-0.05, 0) is 26.7 Å². The van der Waals surface area contributed by atoms with Crippen LogP contribution in [0.4, 0.5) is 0 Å². The Morgan fingerprint density at radius 2 is 1.48 bits per heavy atom. The first-order valence-corrected chi connectivity index (χ1v) is 9.29. The molecule has 1 heterocycles. The Labute approximate surface area is 132 Å². The summed E-state index contributed by atoms with van der Waals surface area (Å²) in [6.07, 6.45) is 18.3. The van der Waals surface area contributed by atoms with Crippen LogP contribution in [0.5, 0.6) is 0 Å². The first-order valence-electron chi connectivity index (χ1n) is 9.29. The van der Waals surface area contributed by atoms with Crippen molar-refractivity contribution in [2.75, 3.05) is 0 Å². The lowest BCUT2D eigenvalue weighted by molar-refractivity contribution is -0.704. The van der Waals surface area contributed by atoms with Crippen LogP contribution >= 0.6 is 0 Å². The molecular weight excluding hydrogens is 256 g/mol. The molecule has 0 spiro atoms. The van der Waals surface area contributed by atoms with Gasteiger partial charge in [0.25, 0.3) is 5.82 Å². The molecule has 122 valence electrons. The molecule has 0 fully saturated rings. The molecule has 0 atom stereocenters. The molecule has 1 rings (SSSR count). The molecule has 0 bridgehead atoms. The van der Waals surface area contributed by atoms with Gasteiger partial charge in [0.1, 0.15) is 12.4 Å². The summed E-state index contributed by atoms with van der Waals surface area (Å²) in [7, 11) is 0. The maximum absolute atomic E-state index is 2.46. The van der Waals surface area contributed by atoms with Crippen LogP contribution in [0.3, 0.4) is 0 Å². The zero-order valence-corrected chi connectivity index (χ0v) is 14.9. The predicted octanol–water partition coefficient (Wildman–Crippen LogP) is 5.45. The fraction of sp³-hybridized carbons (Fsp3) is 0.842. The van der Waals surface area contributed by atoms with E-state index < -0.39 is 0 Å². The van der Waals surface area contributed by atoms with Gasteiger partial charge < -0.3 is 0 Å². The highest BCUT2D eigenvalue weighted by Crippen LogP contribution is 2.10. The van der Waals surface area contributed by atoms with Crippen LogP contribution in [-0.2, 0) is 13.0 Å². The minimum absolute atomic E-state index is 0.573. The van der Waals surface area contributed by atoms with Crippen molar-refractivity contribution in [2.45, 2.75) is 104 Å². The van der Waals surface area contributed by atoms with E-state index in [2.05, 4.69) is 49.2 Å². The van der Waals surface area contributed by atoms with Crippen molar-refractivity contribution in [3.63, 3.8) is 0 Å². The van der Waals surface area contributed by atoms with Crippen LogP contribution < -0.4 is 4.57 Å². The summed E-state index contributed by atoms with van der Waals surface area (Å²) in [4.78, 5) is 0. The van der Waals surface area contributed by atoms with Crippen LogP contribution in [-0.4, -0.2) is 4.57 Å².